The molecular formula is C59H90N4O14. The number of methoxy groups -OCH3 is 1. The molecule has 0 unspecified atom stereocenters. The van der Waals surface area contributed by atoms with Crippen molar-refractivity contribution in [2.45, 2.75) is 190 Å². The number of carbonyl (C=O) groups excluding carboxylic acids is 2. The van der Waals surface area contributed by atoms with E-state index in [1.165, 1.54) is 12.8 Å². The smallest absolute Gasteiger partial charge is 0.338 e. The number of aliphatic hydroxyl groups is 3. The third-order valence-electron chi connectivity index (χ3n) is 16.2. The summed E-state index contributed by atoms with van der Waals surface area (Å²) in [5.41, 5.74) is 0.00636. The number of benzene rings is 2. The fourth-order valence-electron chi connectivity index (χ4n) is 11.9. The Bertz CT molecular complexity index is 2160. The van der Waals surface area contributed by atoms with Gasteiger partial charge in [0.05, 0.1) is 54.6 Å². The lowest BCUT2D eigenvalue weighted by molar-refractivity contribution is -0.344. The zero-order valence-electron chi connectivity index (χ0n) is 47.1. The topological polar surface area (TPSA) is 200 Å². The standard InChI is InChI=1S/C59H90N4O14/c1-37-34-43(28-29-62-30-32-63(33-31-62)44-23-17-13-18-24-44)54(55(69-10)46(64)35-48(65)70-38(2)20-14-11-19-25-47(37)74-49-27-26-45(60-7)39(3)71-49)76-58-52(66)51(61(8)9)53(40(4)73-58)75-50-36-59(6,68)56(41(5)72-50)77-57(67)42-21-15-12-16-22-42/h11-19,21-25,37-41,43,45-47,49-56,58,60,64,66,68H,20,26-36H2,1-10H3/b14-11+,25-19+/t37-,38-,39-,40-,41+,43+,45+,46-,47+,49+,50+,51-,52-,53-,54+,55+,56+,58+,59-/m1/s1. The van der Waals surface area contributed by atoms with Gasteiger partial charge in [0.2, 0.25) is 0 Å². The molecule has 0 spiro atoms. The molecule has 7 rings (SSSR count). The molecule has 5 aliphatic rings. The van der Waals surface area contributed by atoms with Gasteiger partial charge in [-0.25, -0.2) is 4.79 Å². The fourth-order valence-corrected chi connectivity index (χ4v) is 11.9. The summed E-state index contributed by atoms with van der Waals surface area (Å²) in [7, 11) is 7.12. The number of likely N-dealkylation sites (N-methyl/N-ethyl adjacent to an activating group) is 2. The average molecular weight is 1080 g/mol. The van der Waals surface area contributed by atoms with Crippen molar-refractivity contribution in [3.8, 4) is 0 Å². The number of anilines is 1. The number of piperazine rings is 1. The summed E-state index contributed by atoms with van der Waals surface area (Å²) in [6.45, 7) is 15.3. The van der Waals surface area contributed by atoms with Crippen LogP contribution in [0.15, 0.2) is 85.0 Å². The Morgan fingerprint density at radius 3 is 2.17 bits per heavy atom. The molecule has 18 nitrogen and oxygen atoms in total. The van der Waals surface area contributed by atoms with Crippen molar-refractivity contribution in [3.05, 3.63) is 90.5 Å². The molecule has 4 saturated heterocycles. The maximum absolute atomic E-state index is 13.5. The predicted molar refractivity (Wildman–Crippen MR) is 291 cm³/mol. The number of hydrogen-bond donors (Lipinski definition) is 4. The highest BCUT2D eigenvalue weighted by Crippen LogP contribution is 2.39. The van der Waals surface area contributed by atoms with Crippen LogP contribution < -0.4 is 10.2 Å². The van der Waals surface area contributed by atoms with Crippen LogP contribution in [0.5, 0.6) is 0 Å². The first kappa shape index (κ1) is 60.8. The molecule has 2 aromatic rings. The molecule has 77 heavy (non-hydrogen) atoms. The van der Waals surface area contributed by atoms with Crippen LogP contribution >= 0.6 is 0 Å². The largest absolute Gasteiger partial charge is 0.462 e. The van der Waals surface area contributed by atoms with Gasteiger partial charge in [0.25, 0.3) is 0 Å². The number of nitrogens with one attached hydrogen (secondary N) is 1. The number of esters is 2. The zero-order valence-corrected chi connectivity index (χ0v) is 47.1. The number of cyclic esters (lactones) is 1. The first-order chi connectivity index (χ1) is 36.8. The summed E-state index contributed by atoms with van der Waals surface area (Å²) in [6, 6.07) is 18.5. The maximum Gasteiger partial charge on any atom is 0.338 e. The summed E-state index contributed by atoms with van der Waals surface area (Å²) in [5.74, 6) is -1.63. The van der Waals surface area contributed by atoms with E-state index < -0.39 is 97.4 Å². The third kappa shape index (κ3) is 16.4. The number of nitrogens with zero attached hydrogens (tertiary/aromatic N) is 3. The highest BCUT2D eigenvalue weighted by molar-refractivity contribution is 5.89. The van der Waals surface area contributed by atoms with Gasteiger partial charge in [0, 0.05) is 57.9 Å². The monoisotopic (exact) mass is 1080 g/mol. The minimum absolute atomic E-state index is 0.0418. The van der Waals surface area contributed by atoms with Crippen LogP contribution in [0.1, 0.15) is 96.8 Å². The lowest BCUT2D eigenvalue weighted by Gasteiger charge is -2.50. The quantitative estimate of drug-likeness (QED) is 0.164. The molecule has 0 amide bonds. The van der Waals surface area contributed by atoms with Crippen LogP contribution in [0.4, 0.5) is 5.69 Å². The van der Waals surface area contributed by atoms with Crippen LogP contribution in [0, 0.1) is 11.8 Å². The molecule has 0 bridgehead atoms. The Morgan fingerprint density at radius 2 is 1.52 bits per heavy atom. The van der Waals surface area contributed by atoms with Gasteiger partial charge < -0.3 is 73.1 Å². The second-order valence-electron chi connectivity index (χ2n) is 22.5. The van der Waals surface area contributed by atoms with Crippen molar-refractivity contribution >= 4 is 17.6 Å². The molecule has 4 fully saturated rings. The van der Waals surface area contributed by atoms with E-state index >= 15 is 0 Å². The summed E-state index contributed by atoms with van der Waals surface area (Å²) >= 11 is 0. The van der Waals surface area contributed by atoms with Crippen LogP contribution in [-0.2, 0) is 47.4 Å². The number of allylic oxidation sites excluding steroid dienone is 2. The van der Waals surface area contributed by atoms with Gasteiger partial charge in [-0.2, -0.15) is 0 Å². The van der Waals surface area contributed by atoms with Gasteiger partial charge >= 0.3 is 11.9 Å². The van der Waals surface area contributed by atoms with Crippen LogP contribution in [-0.4, -0.2) is 202 Å². The van der Waals surface area contributed by atoms with Gasteiger partial charge in [0.15, 0.2) is 25.0 Å². The minimum atomic E-state index is -1.54. The lowest BCUT2D eigenvalue weighted by atomic mass is 9.82. The number of aliphatic hydroxyl groups excluding tert-OH is 2. The maximum atomic E-state index is 13.5. The second kappa shape index (κ2) is 28.5. The molecule has 0 aliphatic carbocycles. The van der Waals surface area contributed by atoms with Crippen molar-refractivity contribution in [2.24, 2.45) is 11.8 Å². The molecule has 5 aliphatic heterocycles. The molecule has 5 heterocycles. The van der Waals surface area contributed by atoms with E-state index in [0.717, 1.165) is 39.0 Å². The third-order valence-corrected chi connectivity index (χ3v) is 16.2. The molecular weight excluding hydrogens is 989 g/mol. The van der Waals surface area contributed by atoms with Gasteiger partial charge in [-0.3, -0.25) is 9.69 Å². The highest BCUT2D eigenvalue weighted by Gasteiger charge is 2.53. The van der Waals surface area contributed by atoms with Crippen molar-refractivity contribution in [1.29, 1.82) is 0 Å². The Morgan fingerprint density at radius 1 is 0.831 bits per heavy atom. The summed E-state index contributed by atoms with van der Waals surface area (Å²) in [4.78, 5) is 33.4. The summed E-state index contributed by atoms with van der Waals surface area (Å²) in [6.07, 6.45) is -0.773. The van der Waals surface area contributed by atoms with E-state index in [2.05, 4.69) is 59.3 Å². The van der Waals surface area contributed by atoms with E-state index in [0.29, 0.717) is 31.4 Å². The number of ether oxygens (including phenoxy) is 9. The first-order valence-corrected chi connectivity index (χ1v) is 28.0. The molecule has 18 heteroatoms. The normalized spacial score (nSPS) is 39.1. The molecule has 19 atom stereocenters. The molecule has 0 aromatic heterocycles. The number of para-hydroxylation sites is 1. The van der Waals surface area contributed by atoms with Crippen LogP contribution in [0.2, 0.25) is 0 Å². The molecule has 2 aromatic carbocycles. The average Bonchev–Trinajstić information content (AvgIpc) is 3.44. The van der Waals surface area contributed by atoms with Crippen molar-refractivity contribution in [1.82, 2.24) is 15.1 Å². The Balaban J connectivity index is 1.16. The van der Waals surface area contributed by atoms with Crippen LogP contribution in [0.3, 0.4) is 0 Å². The van der Waals surface area contributed by atoms with Crippen molar-refractivity contribution < 1.29 is 67.5 Å². The number of carbonyl (C=O) groups is 2. The summed E-state index contributed by atoms with van der Waals surface area (Å²) < 4.78 is 58.1. The highest BCUT2D eigenvalue weighted by atomic mass is 16.7. The fraction of sp³-hybridized carbons (Fsp3) is 0.695. The van der Waals surface area contributed by atoms with E-state index in [1.54, 1.807) is 44.2 Å². The lowest BCUT2D eigenvalue weighted by Crippen LogP contribution is -2.66. The Labute approximate surface area is 457 Å². The van der Waals surface area contributed by atoms with Gasteiger partial charge in [-0.1, -0.05) is 67.6 Å². The molecule has 0 radical (unpaired) electrons. The predicted octanol–water partition coefficient (Wildman–Crippen LogP) is 5.47. The first-order valence-electron chi connectivity index (χ1n) is 28.0. The second-order valence-corrected chi connectivity index (χ2v) is 22.5. The van der Waals surface area contributed by atoms with E-state index in [-0.39, 0.29) is 42.9 Å². The molecule has 430 valence electrons. The van der Waals surface area contributed by atoms with E-state index in [9.17, 15) is 24.9 Å². The van der Waals surface area contributed by atoms with Crippen molar-refractivity contribution in [2.75, 3.05) is 65.9 Å². The molecule has 0 saturated carbocycles. The van der Waals surface area contributed by atoms with Crippen molar-refractivity contribution in [3.63, 3.8) is 0 Å². The van der Waals surface area contributed by atoms with Gasteiger partial charge in [-0.15, -0.1) is 0 Å². The Hall–Kier alpha value is -3.86. The van der Waals surface area contributed by atoms with Gasteiger partial charge in [-0.05, 0) is 124 Å². The van der Waals surface area contributed by atoms with Gasteiger partial charge in [0.1, 0.15) is 30.0 Å². The SMILES string of the molecule is CN[C@H]1CC[C@H](O[C@H]2/C=C/C=C/C[C@@H](C)OC(=O)C[C@@H](O)[C@H](OC)[C@@H](O[C@@H]3O[C@H](C)[C@@H](O[C@H]4C[C@@](C)(O)[C@@H](OC(=O)c5ccccc5)[C@H](C)O4)[C@H](N(C)C)[C@H]3O)[C@@H](CCN3CCN(c4ccccc4)CC3)C[C@H]2C)O[C@@H]1C. The van der Waals surface area contributed by atoms with Crippen LogP contribution in [0.25, 0.3) is 0 Å². The minimum Gasteiger partial charge on any atom is -0.462 e. The molecule has 4 N–H and O–H groups in total. The summed E-state index contributed by atoms with van der Waals surface area (Å²) in [5, 5.41) is 40.0. The number of hydrogen-bond acceptors (Lipinski definition) is 18. The number of rotatable bonds is 15. The Kier molecular flexibility index (Phi) is 22.5. The zero-order chi connectivity index (χ0) is 55.4. The van der Waals surface area contributed by atoms with E-state index in [4.69, 9.17) is 42.6 Å². The van der Waals surface area contributed by atoms with E-state index in [1.807, 2.05) is 64.2 Å².